The normalized spacial score (nSPS) is 12.4. The van der Waals surface area contributed by atoms with Crippen LogP contribution in [0.15, 0.2) is 48.6 Å². The Morgan fingerprint density at radius 2 is 0.629 bits per heavy atom. The van der Waals surface area contributed by atoms with Crippen LogP contribution < -0.4 is 0 Å². The predicted octanol–water partition coefficient (Wildman–Crippen LogP) is 17.5. The molecule has 0 N–H and O–H groups in total. The lowest BCUT2D eigenvalue weighted by Crippen LogP contribution is -2.30. The summed E-state index contributed by atoms with van der Waals surface area (Å²) < 4.78 is 16.8. The molecule has 0 aromatic carbocycles. The molecule has 6 heteroatoms. The van der Waals surface area contributed by atoms with E-state index in [0.717, 1.165) is 77.0 Å². The molecule has 0 aliphatic carbocycles. The van der Waals surface area contributed by atoms with Crippen molar-refractivity contribution in [1.82, 2.24) is 0 Å². The van der Waals surface area contributed by atoms with Gasteiger partial charge in [-0.2, -0.15) is 0 Å². The van der Waals surface area contributed by atoms with Crippen LogP contribution in [0.3, 0.4) is 0 Å². The first-order valence-electron chi connectivity index (χ1n) is 26.6. The summed E-state index contributed by atoms with van der Waals surface area (Å²) in [5.41, 5.74) is 0. The zero-order chi connectivity index (χ0) is 45.1. The molecule has 6 nitrogen and oxygen atoms in total. The van der Waals surface area contributed by atoms with E-state index in [-0.39, 0.29) is 37.5 Å². The average molecular weight is 869 g/mol. The first-order chi connectivity index (χ1) is 30.5. The number of rotatable bonds is 48. The van der Waals surface area contributed by atoms with Crippen LogP contribution in [0.5, 0.6) is 0 Å². The summed E-state index contributed by atoms with van der Waals surface area (Å²) >= 11 is 0. The number of ether oxygens (including phenoxy) is 3. The molecule has 360 valence electrons. The second-order valence-corrected chi connectivity index (χ2v) is 17.8. The molecule has 0 rings (SSSR count). The highest BCUT2D eigenvalue weighted by molar-refractivity contribution is 5.71. The molecule has 0 aliphatic rings. The van der Waals surface area contributed by atoms with Gasteiger partial charge in [0.2, 0.25) is 0 Å². The summed E-state index contributed by atoms with van der Waals surface area (Å²) in [6.07, 6.45) is 61.0. The van der Waals surface area contributed by atoms with E-state index in [1.165, 1.54) is 148 Å². The van der Waals surface area contributed by atoms with Crippen LogP contribution in [0.2, 0.25) is 0 Å². The molecule has 0 amide bonds. The number of carbonyl (C=O) groups is 3. The maximum Gasteiger partial charge on any atom is 0.306 e. The van der Waals surface area contributed by atoms with Gasteiger partial charge in [0.25, 0.3) is 0 Å². The molecular formula is C56H100O6. The number of carbonyl (C=O) groups excluding carboxylic acids is 3. The number of esters is 3. The molecule has 0 bridgehead atoms. The summed E-state index contributed by atoms with van der Waals surface area (Å²) in [6.45, 7) is 6.51. The monoisotopic (exact) mass is 869 g/mol. The molecule has 1 unspecified atom stereocenters. The number of hydrogen-bond donors (Lipinski definition) is 0. The summed E-state index contributed by atoms with van der Waals surface area (Å²) in [5, 5.41) is 0. The van der Waals surface area contributed by atoms with E-state index in [1.807, 2.05) is 0 Å². The average Bonchev–Trinajstić information content (AvgIpc) is 3.27. The Morgan fingerprint density at radius 3 is 0.984 bits per heavy atom. The van der Waals surface area contributed by atoms with Gasteiger partial charge in [0.15, 0.2) is 6.10 Å². The minimum atomic E-state index is -0.790. The van der Waals surface area contributed by atoms with E-state index in [1.54, 1.807) is 0 Å². The van der Waals surface area contributed by atoms with Gasteiger partial charge in [0.05, 0.1) is 0 Å². The highest BCUT2D eigenvalue weighted by Gasteiger charge is 2.19. The van der Waals surface area contributed by atoms with Crippen LogP contribution in [0.4, 0.5) is 0 Å². The molecule has 62 heavy (non-hydrogen) atoms. The van der Waals surface area contributed by atoms with E-state index < -0.39 is 6.10 Å². The zero-order valence-corrected chi connectivity index (χ0v) is 41.1. The van der Waals surface area contributed by atoms with Crippen LogP contribution in [0, 0.1) is 0 Å². The minimum Gasteiger partial charge on any atom is -0.462 e. The Kier molecular flexibility index (Phi) is 48.8. The second kappa shape index (κ2) is 51.0. The Balaban J connectivity index is 4.39. The fourth-order valence-electron chi connectivity index (χ4n) is 7.61. The standard InChI is InChI=1S/C56H100O6/c1-4-7-10-13-16-19-22-25-27-28-30-31-34-37-40-43-46-49-55(58)61-52-53(51-60-54(57)48-45-42-39-36-33-24-21-18-15-12-9-6-3)62-56(59)50-47-44-41-38-35-32-29-26-23-20-17-14-11-8-5-2/h8,11,17,20,26,29,35,38,53H,4-7,9-10,12-16,18-19,21-25,27-28,30-34,36-37,39-52H2,1-3H3/b11-8-,20-17-,29-26-,38-35-. The minimum absolute atomic E-state index is 0.0859. The summed E-state index contributed by atoms with van der Waals surface area (Å²) in [5.74, 6) is -0.917. The molecule has 0 saturated carbocycles. The van der Waals surface area contributed by atoms with Gasteiger partial charge in [0.1, 0.15) is 13.2 Å². The Morgan fingerprint density at radius 1 is 0.339 bits per heavy atom. The lowest BCUT2D eigenvalue weighted by atomic mass is 10.0. The first kappa shape index (κ1) is 59.4. The lowest BCUT2D eigenvalue weighted by Gasteiger charge is -2.18. The Bertz CT molecular complexity index is 1090. The van der Waals surface area contributed by atoms with Crippen molar-refractivity contribution in [1.29, 1.82) is 0 Å². The molecule has 0 aromatic heterocycles. The van der Waals surface area contributed by atoms with Crippen molar-refractivity contribution in [2.45, 2.75) is 277 Å². The second-order valence-electron chi connectivity index (χ2n) is 17.8. The molecule has 0 saturated heterocycles. The van der Waals surface area contributed by atoms with Gasteiger partial charge in [-0.15, -0.1) is 0 Å². The van der Waals surface area contributed by atoms with Gasteiger partial charge in [-0.3, -0.25) is 14.4 Å². The smallest absolute Gasteiger partial charge is 0.306 e. The fraction of sp³-hybridized carbons (Fsp3) is 0.804. The molecule has 0 aliphatic heterocycles. The highest BCUT2D eigenvalue weighted by Crippen LogP contribution is 2.16. The third-order valence-electron chi connectivity index (χ3n) is 11.6. The van der Waals surface area contributed by atoms with Crippen LogP contribution >= 0.6 is 0 Å². The lowest BCUT2D eigenvalue weighted by molar-refractivity contribution is -0.167. The van der Waals surface area contributed by atoms with Crippen LogP contribution in [0.1, 0.15) is 271 Å². The third kappa shape index (κ3) is 48.4. The maximum absolute atomic E-state index is 12.8. The van der Waals surface area contributed by atoms with Gasteiger partial charge in [-0.1, -0.05) is 243 Å². The van der Waals surface area contributed by atoms with Crippen molar-refractivity contribution in [3.05, 3.63) is 48.6 Å². The van der Waals surface area contributed by atoms with Gasteiger partial charge in [0, 0.05) is 19.3 Å². The van der Waals surface area contributed by atoms with Gasteiger partial charge in [-0.05, 0) is 57.8 Å². The summed E-state index contributed by atoms with van der Waals surface area (Å²) in [4.78, 5) is 38.0. The van der Waals surface area contributed by atoms with Crippen molar-refractivity contribution in [3.8, 4) is 0 Å². The molecule has 0 heterocycles. The molecule has 0 radical (unpaired) electrons. The van der Waals surface area contributed by atoms with E-state index in [4.69, 9.17) is 14.2 Å². The zero-order valence-electron chi connectivity index (χ0n) is 41.1. The predicted molar refractivity (Wildman–Crippen MR) is 265 cm³/mol. The largest absolute Gasteiger partial charge is 0.462 e. The van der Waals surface area contributed by atoms with E-state index in [0.29, 0.717) is 19.3 Å². The van der Waals surface area contributed by atoms with E-state index in [9.17, 15) is 14.4 Å². The fourth-order valence-corrected chi connectivity index (χ4v) is 7.61. The van der Waals surface area contributed by atoms with Crippen LogP contribution in [-0.2, 0) is 28.6 Å². The van der Waals surface area contributed by atoms with Crippen LogP contribution in [0.25, 0.3) is 0 Å². The molecule has 1 atom stereocenters. The SMILES string of the molecule is CC/C=C\C/C=C\C/C=C\C/C=C\CCCCC(=O)OC(COC(=O)CCCCCCCCCCCCCC)COC(=O)CCCCCCCCCCCCCCCCCCC. The Labute approximate surface area is 384 Å². The van der Waals surface area contributed by atoms with Gasteiger partial charge >= 0.3 is 17.9 Å². The summed E-state index contributed by atoms with van der Waals surface area (Å²) in [7, 11) is 0. The quantitative estimate of drug-likeness (QED) is 0.0262. The third-order valence-corrected chi connectivity index (χ3v) is 11.6. The molecule has 0 spiro atoms. The van der Waals surface area contributed by atoms with Crippen molar-refractivity contribution < 1.29 is 28.6 Å². The Hall–Kier alpha value is -2.63. The topological polar surface area (TPSA) is 78.9 Å². The van der Waals surface area contributed by atoms with Crippen molar-refractivity contribution in [2.24, 2.45) is 0 Å². The molecule has 0 aromatic rings. The van der Waals surface area contributed by atoms with Gasteiger partial charge < -0.3 is 14.2 Å². The van der Waals surface area contributed by atoms with Crippen molar-refractivity contribution >= 4 is 17.9 Å². The molecular weight excluding hydrogens is 769 g/mol. The first-order valence-corrected chi connectivity index (χ1v) is 26.6. The number of allylic oxidation sites excluding steroid dienone is 8. The number of hydrogen-bond acceptors (Lipinski definition) is 6. The van der Waals surface area contributed by atoms with E-state index >= 15 is 0 Å². The van der Waals surface area contributed by atoms with Crippen LogP contribution in [-0.4, -0.2) is 37.2 Å². The molecule has 0 fully saturated rings. The number of unbranched alkanes of at least 4 members (excludes halogenated alkanes) is 29. The van der Waals surface area contributed by atoms with E-state index in [2.05, 4.69) is 69.4 Å². The van der Waals surface area contributed by atoms with Gasteiger partial charge in [-0.25, -0.2) is 0 Å². The maximum atomic E-state index is 12.8. The highest BCUT2D eigenvalue weighted by atomic mass is 16.6. The van der Waals surface area contributed by atoms with Crippen molar-refractivity contribution in [3.63, 3.8) is 0 Å². The van der Waals surface area contributed by atoms with Crippen molar-refractivity contribution in [2.75, 3.05) is 13.2 Å². The summed E-state index contributed by atoms with van der Waals surface area (Å²) in [6, 6.07) is 0.